The molecule has 1 fully saturated rings. The zero-order valence-electron chi connectivity index (χ0n) is 17.4. The topological polar surface area (TPSA) is 45.4 Å². The minimum Gasteiger partial charge on any atom is -0.369 e. The number of anilines is 1. The number of piperazine rings is 1. The van der Waals surface area contributed by atoms with Gasteiger partial charge in [0, 0.05) is 43.9 Å². The summed E-state index contributed by atoms with van der Waals surface area (Å²) in [5.74, 6) is 0.638. The average Bonchev–Trinajstić information content (AvgIpc) is 3.23. The number of hydrogen-bond acceptors (Lipinski definition) is 5. The first-order valence-corrected chi connectivity index (χ1v) is 10.4. The van der Waals surface area contributed by atoms with E-state index in [1.54, 1.807) is 6.07 Å². The van der Waals surface area contributed by atoms with Gasteiger partial charge in [-0.2, -0.15) is 18.2 Å². The first-order chi connectivity index (χ1) is 14.9. The van der Waals surface area contributed by atoms with E-state index in [-0.39, 0.29) is 5.82 Å². The van der Waals surface area contributed by atoms with Crippen LogP contribution in [0.1, 0.15) is 23.4 Å². The highest BCUT2D eigenvalue weighted by molar-refractivity contribution is 5.56. The van der Waals surface area contributed by atoms with Gasteiger partial charge in [-0.05, 0) is 43.7 Å². The summed E-state index contributed by atoms with van der Waals surface area (Å²) in [6, 6.07) is 13.4. The van der Waals surface area contributed by atoms with Gasteiger partial charge in [-0.25, -0.2) is 0 Å². The fraction of sp³-hybridized carbons (Fsp3) is 0.391. The Morgan fingerprint density at radius 2 is 1.77 bits per heavy atom. The van der Waals surface area contributed by atoms with Crippen LogP contribution in [0.4, 0.5) is 18.9 Å². The molecule has 0 radical (unpaired) electrons. The molecule has 0 bridgehead atoms. The molecule has 0 saturated carbocycles. The number of benzene rings is 2. The van der Waals surface area contributed by atoms with Crippen LogP contribution in [0.3, 0.4) is 0 Å². The molecule has 0 atom stereocenters. The van der Waals surface area contributed by atoms with E-state index >= 15 is 0 Å². The van der Waals surface area contributed by atoms with Crippen molar-refractivity contribution < 1.29 is 17.7 Å². The molecule has 2 aromatic carbocycles. The minimum atomic E-state index is -4.40. The summed E-state index contributed by atoms with van der Waals surface area (Å²) in [5.41, 5.74) is 2.18. The lowest BCUT2D eigenvalue weighted by Crippen LogP contribution is -2.46. The Balaban J connectivity index is 1.26. The van der Waals surface area contributed by atoms with Gasteiger partial charge < -0.3 is 9.42 Å². The van der Waals surface area contributed by atoms with Crippen molar-refractivity contribution in [3.05, 3.63) is 65.5 Å². The highest BCUT2D eigenvalue weighted by Gasteiger charge is 2.30. The SMILES string of the molecule is Cc1ccccc1N1CCN(CCCc2nc(-c3cccc(C(F)(F)F)c3)no2)CC1. The van der Waals surface area contributed by atoms with E-state index in [1.807, 2.05) is 0 Å². The lowest BCUT2D eigenvalue weighted by Gasteiger charge is -2.36. The molecule has 31 heavy (non-hydrogen) atoms. The van der Waals surface area contributed by atoms with E-state index in [1.165, 1.54) is 17.3 Å². The zero-order valence-corrected chi connectivity index (χ0v) is 17.4. The van der Waals surface area contributed by atoms with Crippen molar-refractivity contribution in [3.63, 3.8) is 0 Å². The summed E-state index contributed by atoms with van der Waals surface area (Å²) in [4.78, 5) is 9.11. The number of hydrogen-bond donors (Lipinski definition) is 0. The van der Waals surface area contributed by atoms with Crippen LogP contribution < -0.4 is 4.90 Å². The number of halogens is 3. The maximum Gasteiger partial charge on any atom is 0.416 e. The number of alkyl halides is 3. The van der Waals surface area contributed by atoms with Crippen LogP contribution in [-0.4, -0.2) is 47.8 Å². The second-order valence-electron chi connectivity index (χ2n) is 7.81. The molecular weight excluding hydrogens is 405 g/mol. The molecule has 164 valence electrons. The Morgan fingerprint density at radius 1 is 1.00 bits per heavy atom. The zero-order chi connectivity index (χ0) is 21.8. The maximum atomic E-state index is 12.9. The molecule has 0 amide bonds. The van der Waals surface area contributed by atoms with Gasteiger partial charge in [0.25, 0.3) is 0 Å². The molecule has 0 unspecified atom stereocenters. The van der Waals surface area contributed by atoms with Gasteiger partial charge in [0.15, 0.2) is 0 Å². The monoisotopic (exact) mass is 430 g/mol. The summed E-state index contributed by atoms with van der Waals surface area (Å²) < 4.78 is 44.0. The Kier molecular flexibility index (Phi) is 6.27. The van der Waals surface area contributed by atoms with Crippen LogP contribution in [0, 0.1) is 6.92 Å². The molecule has 3 aromatic rings. The Hall–Kier alpha value is -2.87. The number of aromatic nitrogens is 2. The first-order valence-electron chi connectivity index (χ1n) is 10.4. The van der Waals surface area contributed by atoms with Crippen LogP contribution in [0.15, 0.2) is 53.1 Å². The van der Waals surface area contributed by atoms with Crippen LogP contribution in [0.2, 0.25) is 0 Å². The Morgan fingerprint density at radius 3 is 2.52 bits per heavy atom. The summed E-state index contributed by atoms with van der Waals surface area (Å²) in [6.07, 6.45) is -2.94. The van der Waals surface area contributed by atoms with Crippen molar-refractivity contribution in [2.45, 2.75) is 25.9 Å². The molecule has 2 heterocycles. The standard InChI is InChI=1S/C23H25F3N4O/c1-17-6-2-3-9-20(17)30-14-12-29(13-15-30)11-5-10-21-27-22(28-31-21)18-7-4-8-19(16-18)23(24,25)26/h2-4,6-9,16H,5,10-15H2,1H3. The average molecular weight is 430 g/mol. The van der Waals surface area contributed by atoms with Gasteiger partial charge in [-0.3, -0.25) is 4.90 Å². The van der Waals surface area contributed by atoms with Crippen molar-refractivity contribution in [2.24, 2.45) is 0 Å². The van der Waals surface area contributed by atoms with Crippen molar-refractivity contribution >= 4 is 5.69 Å². The quantitative estimate of drug-likeness (QED) is 0.561. The summed E-state index contributed by atoms with van der Waals surface area (Å²) in [7, 11) is 0. The number of aryl methyl sites for hydroxylation is 2. The van der Waals surface area contributed by atoms with E-state index in [9.17, 15) is 13.2 Å². The van der Waals surface area contributed by atoms with Crippen molar-refractivity contribution in [1.82, 2.24) is 15.0 Å². The van der Waals surface area contributed by atoms with Crippen molar-refractivity contribution in [2.75, 3.05) is 37.6 Å². The molecule has 1 aromatic heterocycles. The third-order valence-electron chi connectivity index (χ3n) is 5.61. The van der Waals surface area contributed by atoms with Crippen molar-refractivity contribution in [1.29, 1.82) is 0 Å². The molecule has 8 heteroatoms. The van der Waals surface area contributed by atoms with Gasteiger partial charge in [-0.1, -0.05) is 35.5 Å². The number of para-hydroxylation sites is 1. The predicted octanol–water partition coefficient (Wildman–Crippen LogP) is 4.82. The molecule has 1 saturated heterocycles. The molecule has 5 nitrogen and oxygen atoms in total. The van der Waals surface area contributed by atoms with Crippen LogP contribution in [0.5, 0.6) is 0 Å². The van der Waals surface area contributed by atoms with Crippen LogP contribution in [-0.2, 0) is 12.6 Å². The van der Waals surface area contributed by atoms with Gasteiger partial charge in [-0.15, -0.1) is 0 Å². The summed E-state index contributed by atoms with van der Waals surface area (Å²) in [6.45, 7) is 7.03. The van der Waals surface area contributed by atoms with E-state index in [0.717, 1.165) is 51.3 Å². The summed E-state index contributed by atoms with van der Waals surface area (Å²) >= 11 is 0. The largest absolute Gasteiger partial charge is 0.416 e. The highest BCUT2D eigenvalue weighted by atomic mass is 19.4. The number of rotatable bonds is 6. The van der Waals surface area contributed by atoms with Crippen LogP contribution >= 0.6 is 0 Å². The molecular formula is C23H25F3N4O. The molecule has 0 N–H and O–H groups in total. The van der Waals surface area contributed by atoms with Gasteiger partial charge >= 0.3 is 6.18 Å². The lowest BCUT2D eigenvalue weighted by atomic mass is 10.1. The highest BCUT2D eigenvalue weighted by Crippen LogP contribution is 2.31. The van der Waals surface area contributed by atoms with Gasteiger partial charge in [0.2, 0.25) is 11.7 Å². The summed E-state index contributed by atoms with van der Waals surface area (Å²) in [5, 5.41) is 3.85. The number of nitrogens with zero attached hydrogens (tertiary/aromatic N) is 4. The smallest absolute Gasteiger partial charge is 0.369 e. The van der Waals surface area contributed by atoms with Crippen LogP contribution in [0.25, 0.3) is 11.4 Å². The fourth-order valence-corrected chi connectivity index (χ4v) is 3.89. The fourth-order valence-electron chi connectivity index (χ4n) is 3.89. The van der Waals surface area contributed by atoms with E-state index in [2.05, 4.69) is 51.1 Å². The molecule has 1 aliphatic rings. The van der Waals surface area contributed by atoms with Crippen molar-refractivity contribution in [3.8, 4) is 11.4 Å². The Bertz CT molecular complexity index is 1010. The maximum absolute atomic E-state index is 12.9. The second kappa shape index (κ2) is 9.09. The minimum absolute atomic E-state index is 0.188. The third kappa shape index (κ3) is 5.25. The Labute approximate surface area is 179 Å². The predicted molar refractivity (Wildman–Crippen MR) is 113 cm³/mol. The second-order valence-corrected chi connectivity index (χ2v) is 7.81. The lowest BCUT2D eigenvalue weighted by molar-refractivity contribution is -0.137. The molecule has 4 rings (SSSR count). The van der Waals surface area contributed by atoms with E-state index in [4.69, 9.17) is 4.52 Å². The normalized spacial score (nSPS) is 15.4. The molecule has 0 aliphatic carbocycles. The van der Waals surface area contributed by atoms with E-state index < -0.39 is 11.7 Å². The molecule has 0 spiro atoms. The third-order valence-corrected chi connectivity index (χ3v) is 5.61. The van der Waals surface area contributed by atoms with E-state index in [0.29, 0.717) is 17.9 Å². The van der Waals surface area contributed by atoms with Gasteiger partial charge in [0.05, 0.1) is 5.56 Å². The first kappa shape index (κ1) is 21.4. The van der Waals surface area contributed by atoms with Gasteiger partial charge in [0.1, 0.15) is 0 Å². The molecule has 1 aliphatic heterocycles.